The molecule has 2 heterocycles. The fourth-order valence-electron chi connectivity index (χ4n) is 2.22. The van der Waals surface area contributed by atoms with Crippen LogP contribution in [0.15, 0.2) is 0 Å². The number of ether oxygens (including phenoxy) is 2. The van der Waals surface area contributed by atoms with Gasteiger partial charge in [0.2, 0.25) is 0 Å². The van der Waals surface area contributed by atoms with E-state index in [9.17, 15) is 9.59 Å². The lowest BCUT2D eigenvalue weighted by atomic mass is 10.2. The van der Waals surface area contributed by atoms with Crippen LogP contribution in [0.25, 0.3) is 0 Å². The van der Waals surface area contributed by atoms with Crippen LogP contribution in [0.2, 0.25) is 0 Å². The largest absolute Gasteiger partial charge is 0.465 e. The Hall–Kier alpha value is -1.60. The van der Waals surface area contributed by atoms with E-state index >= 15 is 0 Å². The van der Waals surface area contributed by atoms with Crippen LogP contribution < -0.4 is 10.6 Å². The SMILES string of the molecule is COC(=O)c1c(N2CCOC(C)C2)sc(C(C)=O)c1N. The molecule has 0 aromatic carbocycles. The monoisotopic (exact) mass is 298 g/mol. The van der Waals surface area contributed by atoms with Gasteiger partial charge >= 0.3 is 5.97 Å². The van der Waals surface area contributed by atoms with Gasteiger partial charge in [0.25, 0.3) is 0 Å². The number of nitrogens with two attached hydrogens (primary N) is 1. The van der Waals surface area contributed by atoms with E-state index in [1.165, 1.54) is 25.4 Å². The summed E-state index contributed by atoms with van der Waals surface area (Å²) in [6.45, 7) is 5.30. The molecule has 0 spiro atoms. The molecule has 7 heteroatoms. The van der Waals surface area contributed by atoms with Gasteiger partial charge in [-0.2, -0.15) is 0 Å². The van der Waals surface area contributed by atoms with Crippen molar-refractivity contribution >= 4 is 33.8 Å². The zero-order valence-electron chi connectivity index (χ0n) is 11.8. The number of Topliss-reactive ketones (excluding diaryl/α,β-unsaturated/α-hetero) is 1. The van der Waals surface area contributed by atoms with Gasteiger partial charge in [-0.25, -0.2) is 4.79 Å². The highest BCUT2D eigenvalue weighted by Crippen LogP contribution is 2.39. The molecule has 1 fully saturated rings. The Morgan fingerprint density at radius 3 is 2.75 bits per heavy atom. The first-order chi connectivity index (χ1) is 9.45. The normalized spacial score (nSPS) is 18.9. The first kappa shape index (κ1) is 14.8. The first-order valence-corrected chi connectivity index (χ1v) is 7.15. The van der Waals surface area contributed by atoms with Crippen molar-refractivity contribution in [2.45, 2.75) is 20.0 Å². The molecule has 1 aromatic heterocycles. The number of morpholine rings is 1. The maximum Gasteiger partial charge on any atom is 0.343 e. The fraction of sp³-hybridized carbons (Fsp3) is 0.538. The average Bonchev–Trinajstić information content (AvgIpc) is 2.75. The Morgan fingerprint density at radius 1 is 1.50 bits per heavy atom. The number of nitrogen functional groups attached to an aromatic ring is 1. The van der Waals surface area contributed by atoms with Gasteiger partial charge in [0.15, 0.2) is 5.78 Å². The second-order valence-electron chi connectivity index (χ2n) is 4.70. The fourth-order valence-corrected chi connectivity index (χ4v) is 3.36. The summed E-state index contributed by atoms with van der Waals surface area (Å²) in [5.74, 6) is -0.661. The number of hydrogen-bond donors (Lipinski definition) is 1. The summed E-state index contributed by atoms with van der Waals surface area (Å²) in [6.07, 6.45) is 0.0679. The standard InChI is InChI=1S/C13H18N2O4S/c1-7-6-15(4-5-19-7)12-9(13(17)18-3)10(14)11(20-12)8(2)16/h7H,4-6,14H2,1-3H3. The van der Waals surface area contributed by atoms with Crippen LogP contribution in [0.1, 0.15) is 33.9 Å². The summed E-state index contributed by atoms with van der Waals surface area (Å²) in [4.78, 5) is 26.0. The maximum absolute atomic E-state index is 12.0. The van der Waals surface area contributed by atoms with Crippen molar-refractivity contribution in [2.24, 2.45) is 0 Å². The van der Waals surface area contributed by atoms with E-state index in [0.717, 1.165) is 0 Å². The van der Waals surface area contributed by atoms with E-state index in [4.69, 9.17) is 15.2 Å². The van der Waals surface area contributed by atoms with Gasteiger partial charge in [-0.1, -0.05) is 0 Å². The molecule has 1 aliphatic heterocycles. The minimum absolute atomic E-state index is 0.0679. The molecule has 0 bridgehead atoms. The van der Waals surface area contributed by atoms with Gasteiger partial charge in [-0.05, 0) is 6.92 Å². The van der Waals surface area contributed by atoms with E-state index in [0.29, 0.717) is 29.6 Å². The molecule has 0 amide bonds. The van der Waals surface area contributed by atoms with E-state index in [-0.39, 0.29) is 23.1 Å². The van der Waals surface area contributed by atoms with Crippen LogP contribution in [0.4, 0.5) is 10.7 Å². The lowest BCUT2D eigenvalue weighted by Crippen LogP contribution is -2.41. The summed E-state index contributed by atoms with van der Waals surface area (Å²) in [5, 5.41) is 0.690. The molecular weight excluding hydrogens is 280 g/mol. The third kappa shape index (κ3) is 2.64. The second-order valence-corrected chi connectivity index (χ2v) is 5.70. The van der Waals surface area contributed by atoms with E-state index < -0.39 is 5.97 Å². The van der Waals surface area contributed by atoms with E-state index in [2.05, 4.69) is 0 Å². The summed E-state index contributed by atoms with van der Waals surface area (Å²) in [7, 11) is 1.30. The van der Waals surface area contributed by atoms with Gasteiger partial charge < -0.3 is 20.1 Å². The predicted octanol–water partition coefficient (Wildman–Crippen LogP) is 1.54. The molecule has 1 atom stereocenters. The number of anilines is 2. The zero-order valence-corrected chi connectivity index (χ0v) is 12.6. The minimum atomic E-state index is -0.514. The minimum Gasteiger partial charge on any atom is -0.465 e. The summed E-state index contributed by atoms with van der Waals surface area (Å²) >= 11 is 1.24. The third-order valence-electron chi connectivity index (χ3n) is 3.16. The highest BCUT2D eigenvalue weighted by molar-refractivity contribution is 7.19. The van der Waals surface area contributed by atoms with E-state index in [1.807, 2.05) is 11.8 Å². The number of carbonyl (C=O) groups is 2. The highest BCUT2D eigenvalue weighted by Gasteiger charge is 2.29. The van der Waals surface area contributed by atoms with Crippen molar-refractivity contribution in [3.05, 3.63) is 10.4 Å². The maximum atomic E-state index is 12.0. The quantitative estimate of drug-likeness (QED) is 0.673. The number of methoxy groups -OCH3 is 1. The number of thiophene rings is 1. The lowest BCUT2D eigenvalue weighted by Gasteiger charge is -2.32. The predicted molar refractivity (Wildman–Crippen MR) is 77.7 cm³/mol. The molecule has 110 valence electrons. The van der Waals surface area contributed by atoms with Crippen molar-refractivity contribution < 1.29 is 19.1 Å². The average molecular weight is 298 g/mol. The summed E-state index contributed by atoms with van der Waals surface area (Å²) in [6, 6.07) is 0. The molecule has 1 unspecified atom stereocenters. The van der Waals surface area contributed by atoms with Crippen LogP contribution in [0.5, 0.6) is 0 Å². The van der Waals surface area contributed by atoms with Crippen molar-refractivity contribution in [2.75, 3.05) is 37.4 Å². The number of hydrogen-bond acceptors (Lipinski definition) is 7. The number of rotatable bonds is 3. The second kappa shape index (κ2) is 5.80. The molecule has 0 saturated carbocycles. The number of ketones is 1. The van der Waals surface area contributed by atoms with Crippen molar-refractivity contribution in [3.8, 4) is 0 Å². The van der Waals surface area contributed by atoms with Crippen molar-refractivity contribution in [1.82, 2.24) is 0 Å². The Kier molecular flexibility index (Phi) is 4.29. The van der Waals surface area contributed by atoms with Crippen LogP contribution in [0.3, 0.4) is 0 Å². The molecule has 1 aromatic rings. The van der Waals surface area contributed by atoms with E-state index in [1.54, 1.807) is 0 Å². The van der Waals surface area contributed by atoms with Gasteiger partial charge in [-0.3, -0.25) is 4.79 Å². The summed E-state index contributed by atoms with van der Waals surface area (Å²) < 4.78 is 10.3. The molecule has 0 radical (unpaired) electrons. The topological polar surface area (TPSA) is 81.9 Å². The molecule has 1 aliphatic rings. The lowest BCUT2D eigenvalue weighted by molar-refractivity contribution is 0.0525. The third-order valence-corrected chi connectivity index (χ3v) is 4.53. The Morgan fingerprint density at radius 2 is 2.20 bits per heavy atom. The Bertz CT molecular complexity index is 541. The summed E-state index contributed by atoms with van der Waals surface area (Å²) in [5.41, 5.74) is 6.45. The zero-order chi connectivity index (χ0) is 14.9. The van der Waals surface area contributed by atoms with Crippen LogP contribution in [-0.4, -0.2) is 44.7 Å². The first-order valence-electron chi connectivity index (χ1n) is 6.33. The van der Waals surface area contributed by atoms with Crippen molar-refractivity contribution in [3.63, 3.8) is 0 Å². The number of esters is 1. The molecule has 0 aliphatic carbocycles. The van der Waals surface area contributed by atoms with Crippen LogP contribution >= 0.6 is 11.3 Å². The molecule has 2 N–H and O–H groups in total. The van der Waals surface area contributed by atoms with Crippen LogP contribution in [0, 0.1) is 0 Å². The molecule has 6 nitrogen and oxygen atoms in total. The van der Waals surface area contributed by atoms with Gasteiger partial charge in [0.1, 0.15) is 10.6 Å². The molecular formula is C13H18N2O4S. The van der Waals surface area contributed by atoms with Crippen molar-refractivity contribution in [1.29, 1.82) is 0 Å². The molecule has 1 saturated heterocycles. The Labute approximate surface area is 121 Å². The van der Waals surface area contributed by atoms with Gasteiger partial charge in [0, 0.05) is 20.0 Å². The number of nitrogens with zero attached hydrogens (tertiary/aromatic N) is 1. The van der Waals surface area contributed by atoms with Gasteiger partial charge in [-0.15, -0.1) is 11.3 Å². The number of carbonyl (C=O) groups excluding carboxylic acids is 2. The molecule has 20 heavy (non-hydrogen) atoms. The van der Waals surface area contributed by atoms with Gasteiger partial charge in [0.05, 0.1) is 30.4 Å². The molecule has 2 rings (SSSR count). The van der Waals surface area contributed by atoms with Crippen LogP contribution in [-0.2, 0) is 9.47 Å². The smallest absolute Gasteiger partial charge is 0.343 e. The Balaban J connectivity index is 2.47. The highest BCUT2D eigenvalue weighted by atomic mass is 32.1.